The van der Waals surface area contributed by atoms with E-state index in [1.807, 2.05) is 0 Å². The molecule has 3 aliphatic rings. The second-order valence-electron chi connectivity index (χ2n) is 14.7. The number of hydrogen-bond acceptors (Lipinski definition) is 0. The van der Waals surface area contributed by atoms with Crippen LogP contribution in [-0.2, 0) is 0 Å². The van der Waals surface area contributed by atoms with Crippen LogP contribution in [0.5, 0.6) is 0 Å². The molecule has 0 aliphatic heterocycles. The second-order valence-corrected chi connectivity index (χ2v) is 14.7. The molecular weight excluding hydrogens is 468 g/mol. The Bertz CT molecular complexity index is 908. The van der Waals surface area contributed by atoms with Crippen molar-refractivity contribution in [3.8, 4) is 0 Å². The van der Waals surface area contributed by atoms with Gasteiger partial charge >= 0.3 is 0 Å². The first kappa shape index (κ1) is 32.2. The van der Waals surface area contributed by atoms with E-state index >= 15 is 0 Å². The fourth-order valence-electron chi connectivity index (χ4n) is 8.12. The van der Waals surface area contributed by atoms with Gasteiger partial charge in [-0.1, -0.05) is 121 Å². The van der Waals surface area contributed by atoms with E-state index in [1.54, 1.807) is 16.7 Å². The predicted molar refractivity (Wildman–Crippen MR) is 175 cm³/mol. The van der Waals surface area contributed by atoms with Crippen LogP contribution in [0.15, 0.2) is 59.3 Å². The molecule has 0 aromatic rings. The molecule has 0 bridgehead atoms. The molecule has 1 fully saturated rings. The van der Waals surface area contributed by atoms with Gasteiger partial charge in [0.15, 0.2) is 0 Å². The van der Waals surface area contributed by atoms with Gasteiger partial charge in [-0.2, -0.15) is 0 Å². The van der Waals surface area contributed by atoms with Crippen molar-refractivity contribution in [2.24, 2.45) is 52.8 Å². The Morgan fingerprint density at radius 3 is 2.51 bits per heavy atom. The Kier molecular flexibility index (Phi) is 12.5. The Labute approximate surface area is 244 Å². The molecule has 1 spiro atoms. The van der Waals surface area contributed by atoms with Gasteiger partial charge in [-0.3, -0.25) is 0 Å². The zero-order valence-corrected chi connectivity index (χ0v) is 27.4. The molecule has 0 radical (unpaired) electrons. The lowest BCUT2D eigenvalue weighted by molar-refractivity contribution is 0.0708. The third-order valence-electron chi connectivity index (χ3n) is 11.3. The van der Waals surface area contributed by atoms with Crippen LogP contribution in [0.4, 0.5) is 0 Å². The van der Waals surface area contributed by atoms with Crippen LogP contribution in [-0.4, -0.2) is 0 Å². The lowest BCUT2D eigenvalue weighted by Gasteiger charge is -2.48. The van der Waals surface area contributed by atoms with Crippen molar-refractivity contribution in [2.75, 3.05) is 0 Å². The monoisotopic (exact) mass is 533 g/mol. The van der Waals surface area contributed by atoms with E-state index in [-0.39, 0.29) is 0 Å². The summed E-state index contributed by atoms with van der Waals surface area (Å²) in [5.41, 5.74) is 5.28. The minimum absolute atomic E-state index is 0.468. The summed E-state index contributed by atoms with van der Waals surface area (Å²) in [5, 5.41) is 0. The van der Waals surface area contributed by atoms with Crippen molar-refractivity contribution >= 4 is 0 Å². The summed E-state index contributed by atoms with van der Waals surface area (Å²) in [7, 11) is 0. The SMILES string of the molecule is CCC1CC(C/C=C(\C)C[C@@H](C)/C=C/C=C2\CCC(C)/C(C)=C\CC2C)CC2(C=C[C@H](C)C(C(C)CC)C2)C1. The molecule has 0 aromatic carbocycles. The van der Waals surface area contributed by atoms with Gasteiger partial charge in [0.05, 0.1) is 0 Å². The molecule has 3 aliphatic carbocycles. The molecule has 0 saturated heterocycles. The molecule has 0 N–H and O–H groups in total. The predicted octanol–water partition coefficient (Wildman–Crippen LogP) is 12.3. The lowest BCUT2D eigenvalue weighted by Crippen LogP contribution is -2.38. The fourth-order valence-corrected chi connectivity index (χ4v) is 8.12. The van der Waals surface area contributed by atoms with E-state index in [2.05, 4.69) is 105 Å². The largest absolute Gasteiger partial charge is 0.0853 e. The van der Waals surface area contributed by atoms with Gasteiger partial charge in [0, 0.05) is 0 Å². The highest BCUT2D eigenvalue weighted by Gasteiger charge is 2.43. The van der Waals surface area contributed by atoms with Crippen LogP contribution in [0, 0.1) is 52.8 Å². The minimum atomic E-state index is 0.468. The van der Waals surface area contributed by atoms with E-state index in [0.29, 0.717) is 17.3 Å². The summed E-state index contributed by atoms with van der Waals surface area (Å²) in [6.45, 7) is 21.7. The lowest BCUT2D eigenvalue weighted by atomic mass is 9.56. The van der Waals surface area contributed by atoms with Crippen LogP contribution in [0.1, 0.15) is 133 Å². The first-order chi connectivity index (χ1) is 18.6. The van der Waals surface area contributed by atoms with Gasteiger partial charge in [-0.05, 0) is 124 Å². The van der Waals surface area contributed by atoms with Crippen molar-refractivity contribution in [2.45, 2.75) is 133 Å². The normalized spacial score (nSPS) is 38.4. The summed E-state index contributed by atoms with van der Waals surface area (Å²) < 4.78 is 0. The molecule has 0 nitrogen and oxygen atoms in total. The summed E-state index contributed by atoms with van der Waals surface area (Å²) >= 11 is 0. The zero-order chi connectivity index (χ0) is 28.6. The van der Waals surface area contributed by atoms with Crippen molar-refractivity contribution in [3.63, 3.8) is 0 Å². The Balaban J connectivity index is 1.57. The highest BCUT2D eigenvalue weighted by molar-refractivity contribution is 5.20. The van der Waals surface area contributed by atoms with Crippen molar-refractivity contribution < 1.29 is 0 Å². The van der Waals surface area contributed by atoms with E-state index < -0.39 is 0 Å². The van der Waals surface area contributed by atoms with Gasteiger partial charge in [-0.25, -0.2) is 0 Å². The summed E-state index contributed by atoms with van der Waals surface area (Å²) in [6.07, 6.45) is 32.3. The molecule has 0 amide bonds. The first-order valence-corrected chi connectivity index (χ1v) is 16.9. The maximum atomic E-state index is 2.69. The van der Waals surface area contributed by atoms with Gasteiger partial charge in [-0.15, -0.1) is 0 Å². The molecule has 1 saturated carbocycles. The van der Waals surface area contributed by atoms with Crippen LogP contribution in [0.2, 0.25) is 0 Å². The van der Waals surface area contributed by atoms with Crippen LogP contribution in [0.3, 0.4) is 0 Å². The van der Waals surface area contributed by atoms with Crippen molar-refractivity contribution in [1.29, 1.82) is 0 Å². The van der Waals surface area contributed by atoms with Crippen molar-refractivity contribution in [3.05, 3.63) is 59.3 Å². The molecule has 220 valence electrons. The topological polar surface area (TPSA) is 0 Å². The molecule has 0 aromatic heterocycles. The minimum Gasteiger partial charge on any atom is -0.0853 e. The molecule has 7 unspecified atom stereocenters. The Morgan fingerprint density at radius 2 is 1.79 bits per heavy atom. The van der Waals surface area contributed by atoms with E-state index in [0.717, 1.165) is 35.5 Å². The molecule has 3 rings (SSSR count). The van der Waals surface area contributed by atoms with E-state index in [4.69, 9.17) is 0 Å². The number of rotatable bonds is 9. The average molecular weight is 533 g/mol. The van der Waals surface area contributed by atoms with Crippen LogP contribution >= 0.6 is 0 Å². The van der Waals surface area contributed by atoms with Gasteiger partial charge in [0.1, 0.15) is 0 Å². The molecule has 39 heavy (non-hydrogen) atoms. The Morgan fingerprint density at radius 1 is 1.05 bits per heavy atom. The second kappa shape index (κ2) is 15.1. The number of hydrogen-bond donors (Lipinski definition) is 0. The smallest absolute Gasteiger partial charge is 0.0110 e. The average Bonchev–Trinajstić information content (AvgIpc) is 2.92. The maximum Gasteiger partial charge on any atom is -0.0110 e. The summed E-state index contributed by atoms with van der Waals surface area (Å²) in [5.74, 6) is 6.21. The zero-order valence-electron chi connectivity index (χ0n) is 27.4. The molecular formula is C39H64. The maximum absolute atomic E-state index is 2.69. The molecule has 0 heteroatoms. The highest BCUT2D eigenvalue weighted by atomic mass is 14.5. The highest BCUT2D eigenvalue weighted by Crippen LogP contribution is 2.53. The van der Waals surface area contributed by atoms with E-state index in [1.165, 1.54) is 70.6 Å². The number of allylic oxidation sites excluding steroid dienone is 10. The summed E-state index contributed by atoms with van der Waals surface area (Å²) in [6, 6.07) is 0. The van der Waals surface area contributed by atoms with Gasteiger partial charge in [0.25, 0.3) is 0 Å². The quantitative estimate of drug-likeness (QED) is 0.259. The Hall–Kier alpha value is -1.30. The van der Waals surface area contributed by atoms with Gasteiger partial charge in [0.2, 0.25) is 0 Å². The van der Waals surface area contributed by atoms with Crippen LogP contribution in [0.25, 0.3) is 0 Å². The molecule has 9 atom stereocenters. The van der Waals surface area contributed by atoms with Gasteiger partial charge < -0.3 is 0 Å². The third-order valence-corrected chi connectivity index (χ3v) is 11.3. The first-order valence-electron chi connectivity index (χ1n) is 16.9. The molecule has 0 heterocycles. The van der Waals surface area contributed by atoms with Crippen molar-refractivity contribution in [1.82, 2.24) is 0 Å². The summed E-state index contributed by atoms with van der Waals surface area (Å²) in [4.78, 5) is 0. The fraction of sp³-hybridized carbons (Fsp3) is 0.744. The standard InChI is InChI=1S/C39H64/c1-10-30(5)38-27-39(22-21-34(38)9)25-35(11-2)24-36(26-39)19-15-29(4)23-28(3)13-12-14-37-20-18-32(7)31(6)16-17-33(37)8/h12-16,21-22,28,30,32-36,38H,10-11,17-20,23-27H2,1-9H3/b13-12+,29-15+,31-16-,37-14+/t28-,30?,32?,33?,34-,35?,36?,38?,39?/m0/s1. The van der Waals surface area contributed by atoms with Crippen LogP contribution < -0.4 is 0 Å². The van der Waals surface area contributed by atoms with E-state index in [9.17, 15) is 0 Å². The third kappa shape index (κ3) is 9.36.